The van der Waals surface area contributed by atoms with Crippen LogP contribution in [0.5, 0.6) is 0 Å². The zero-order valence-corrected chi connectivity index (χ0v) is 18.5. The molecular weight excluding hydrogens is 400 g/mol. The molecule has 1 saturated carbocycles. The molecule has 6 nitrogen and oxygen atoms in total. The molecule has 0 spiro atoms. The van der Waals surface area contributed by atoms with Crippen LogP contribution in [-0.2, 0) is 4.79 Å². The van der Waals surface area contributed by atoms with Crippen LogP contribution in [0.15, 0.2) is 60.7 Å². The molecule has 32 heavy (non-hydrogen) atoms. The zero-order chi connectivity index (χ0) is 22.2. The van der Waals surface area contributed by atoms with E-state index in [9.17, 15) is 9.59 Å². The van der Waals surface area contributed by atoms with Crippen LogP contribution in [0.2, 0.25) is 0 Å². The summed E-state index contributed by atoms with van der Waals surface area (Å²) in [6.45, 7) is 5.86. The Balaban J connectivity index is 1.11. The number of nitrogens with one attached hydrogen (secondary N) is 2. The third-order valence-electron chi connectivity index (χ3n) is 5.96. The van der Waals surface area contributed by atoms with E-state index in [1.54, 1.807) is 24.3 Å². The fraction of sp³-hybridized carbons (Fsp3) is 0.385. The van der Waals surface area contributed by atoms with E-state index in [4.69, 9.17) is 0 Å². The number of amides is 2. The van der Waals surface area contributed by atoms with Crippen molar-refractivity contribution in [3.63, 3.8) is 0 Å². The van der Waals surface area contributed by atoms with Crippen LogP contribution in [0.4, 0.5) is 5.69 Å². The summed E-state index contributed by atoms with van der Waals surface area (Å²) in [5.41, 5.74) is 2.85. The Labute approximate surface area is 190 Å². The van der Waals surface area contributed by atoms with Crippen LogP contribution in [0.3, 0.4) is 0 Å². The molecule has 1 aliphatic heterocycles. The van der Waals surface area contributed by atoms with Crippen molar-refractivity contribution in [3.8, 4) is 0 Å². The summed E-state index contributed by atoms with van der Waals surface area (Å²) in [5, 5.41) is 5.93. The number of nitrogens with zero attached hydrogens (tertiary/aromatic N) is 2. The summed E-state index contributed by atoms with van der Waals surface area (Å²) in [6, 6.07) is 18.2. The monoisotopic (exact) mass is 432 g/mol. The highest BCUT2D eigenvalue weighted by atomic mass is 16.2. The first kappa shape index (κ1) is 22.1. The van der Waals surface area contributed by atoms with Crippen molar-refractivity contribution in [3.05, 3.63) is 71.8 Å². The van der Waals surface area contributed by atoms with E-state index in [0.29, 0.717) is 18.2 Å². The molecule has 0 bridgehead atoms. The Kier molecular flexibility index (Phi) is 7.56. The van der Waals surface area contributed by atoms with E-state index < -0.39 is 0 Å². The van der Waals surface area contributed by atoms with Crippen molar-refractivity contribution in [2.75, 3.05) is 44.2 Å². The Morgan fingerprint density at radius 3 is 2.34 bits per heavy atom. The SMILES string of the molecule is O=C(/C=C/c1ccc(C(=O)NC2CC2)cc1)NCCCN1CCN(c2ccccc2)CC1. The van der Waals surface area contributed by atoms with E-state index in [2.05, 4.69) is 50.8 Å². The lowest BCUT2D eigenvalue weighted by Gasteiger charge is -2.36. The molecule has 4 rings (SSSR count). The predicted octanol–water partition coefficient (Wildman–Crippen LogP) is 2.92. The maximum atomic E-state index is 12.1. The lowest BCUT2D eigenvalue weighted by Crippen LogP contribution is -2.47. The van der Waals surface area contributed by atoms with E-state index >= 15 is 0 Å². The molecule has 2 aromatic rings. The molecule has 0 unspecified atom stereocenters. The minimum Gasteiger partial charge on any atom is -0.369 e. The van der Waals surface area contributed by atoms with Gasteiger partial charge >= 0.3 is 0 Å². The Morgan fingerprint density at radius 2 is 1.66 bits per heavy atom. The molecule has 0 radical (unpaired) electrons. The standard InChI is InChI=1S/C26H32N4O2/c31-25(14-9-21-7-10-22(11-8-21)26(32)28-23-12-13-23)27-15-4-16-29-17-19-30(20-18-29)24-5-2-1-3-6-24/h1-3,5-11,14,23H,4,12-13,15-20H2,(H,27,31)(H,28,32)/b14-9+. The van der Waals surface area contributed by atoms with Crippen LogP contribution in [0.25, 0.3) is 6.08 Å². The van der Waals surface area contributed by atoms with Crippen LogP contribution in [-0.4, -0.2) is 62.0 Å². The summed E-state index contributed by atoms with van der Waals surface area (Å²) >= 11 is 0. The fourth-order valence-electron chi connectivity index (χ4n) is 3.86. The lowest BCUT2D eigenvalue weighted by molar-refractivity contribution is -0.116. The summed E-state index contributed by atoms with van der Waals surface area (Å²) in [7, 11) is 0. The number of anilines is 1. The van der Waals surface area contributed by atoms with Gasteiger partial charge in [-0.1, -0.05) is 30.3 Å². The van der Waals surface area contributed by atoms with Gasteiger partial charge in [-0.05, 0) is 61.7 Å². The smallest absolute Gasteiger partial charge is 0.251 e. The maximum Gasteiger partial charge on any atom is 0.251 e. The Bertz CT molecular complexity index is 915. The molecular formula is C26H32N4O2. The van der Waals surface area contributed by atoms with Crippen molar-refractivity contribution in [2.24, 2.45) is 0 Å². The Hall–Kier alpha value is -3.12. The van der Waals surface area contributed by atoms with Crippen molar-refractivity contribution in [1.29, 1.82) is 0 Å². The van der Waals surface area contributed by atoms with Gasteiger partial charge < -0.3 is 15.5 Å². The van der Waals surface area contributed by atoms with Gasteiger partial charge in [0.25, 0.3) is 5.91 Å². The molecule has 2 fully saturated rings. The summed E-state index contributed by atoms with van der Waals surface area (Å²) < 4.78 is 0. The number of para-hydroxylation sites is 1. The average molecular weight is 433 g/mol. The van der Waals surface area contributed by atoms with Crippen LogP contribution >= 0.6 is 0 Å². The number of carbonyl (C=O) groups is 2. The third kappa shape index (κ3) is 6.69. The number of piperazine rings is 1. The third-order valence-corrected chi connectivity index (χ3v) is 5.96. The molecule has 2 aromatic carbocycles. The van der Waals surface area contributed by atoms with Crippen molar-refractivity contribution in [1.82, 2.24) is 15.5 Å². The number of benzene rings is 2. The highest BCUT2D eigenvalue weighted by Crippen LogP contribution is 2.19. The van der Waals surface area contributed by atoms with Gasteiger partial charge in [-0.25, -0.2) is 0 Å². The molecule has 1 saturated heterocycles. The highest BCUT2D eigenvalue weighted by Gasteiger charge is 2.23. The fourth-order valence-corrected chi connectivity index (χ4v) is 3.86. The second kappa shape index (κ2) is 11.0. The lowest BCUT2D eigenvalue weighted by atomic mass is 10.1. The predicted molar refractivity (Wildman–Crippen MR) is 129 cm³/mol. The molecule has 0 aromatic heterocycles. The molecule has 168 valence electrons. The topological polar surface area (TPSA) is 64.7 Å². The van der Waals surface area contributed by atoms with Gasteiger partial charge in [0.05, 0.1) is 0 Å². The van der Waals surface area contributed by atoms with E-state index in [1.807, 2.05) is 12.1 Å². The van der Waals surface area contributed by atoms with E-state index in [1.165, 1.54) is 5.69 Å². The van der Waals surface area contributed by atoms with Crippen LogP contribution in [0.1, 0.15) is 35.2 Å². The minimum atomic E-state index is -0.0885. The summed E-state index contributed by atoms with van der Waals surface area (Å²) in [5.74, 6) is -0.114. The van der Waals surface area contributed by atoms with Crippen molar-refractivity contribution in [2.45, 2.75) is 25.3 Å². The zero-order valence-electron chi connectivity index (χ0n) is 18.5. The summed E-state index contributed by atoms with van der Waals surface area (Å²) in [4.78, 5) is 29.0. The first-order valence-electron chi connectivity index (χ1n) is 11.6. The quantitative estimate of drug-likeness (QED) is 0.472. The van der Waals surface area contributed by atoms with Gasteiger partial charge in [-0.3, -0.25) is 14.5 Å². The molecule has 0 atom stereocenters. The molecule has 1 aliphatic carbocycles. The Morgan fingerprint density at radius 1 is 0.938 bits per heavy atom. The number of rotatable bonds is 9. The van der Waals surface area contributed by atoms with Crippen molar-refractivity contribution < 1.29 is 9.59 Å². The van der Waals surface area contributed by atoms with E-state index in [-0.39, 0.29) is 11.8 Å². The van der Waals surface area contributed by atoms with Gasteiger partial charge in [-0.2, -0.15) is 0 Å². The maximum absolute atomic E-state index is 12.1. The van der Waals surface area contributed by atoms with E-state index in [0.717, 1.165) is 57.5 Å². The van der Waals surface area contributed by atoms with Gasteiger partial charge in [0.1, 0.15) is 0 Å². The van der Waals surface area contributed by atoms with Gasteiger partial charge in [0.2, 0.25) is 5.91 Å². The van der Waals surface area contributed by atoms with Gasteiger partial charge in [0, 0.05) is 56.1 Å². The molecule has 6 heteroatoms. The molecule has 1 heterocycles. The molecule has 2 amide bonds. The second-order valence-corrected chi connectivity index (χ2v) is 8.51. The second-order valence-electron chi connectivity index (χ2n) is 8.51. The normalized spacial score (nSPS) is 16.8. The number of carbonyl (C=O) groups excluding carboxylic acids is 2. The number of hydrogen-bond acceptors (Lipinski definition) is 4. The molecule has 2 aliphatic rings. The first-order chi connectivity index (χ1) is 15.7. The van der Waals surface area contributed by atoms with Gasteiger partial charge in [-0.15, -0.1) is 0 Å². The highest BCUT2D eigenvalue weighted by molar-refractivity contribution is 5.95. The van der Waals surface area contributed by atoms with Crippen LogP contribution in [0, 0.1) is 0 Å². The van der Waals surface area contributed by atoms with Crippen molar-refractivity contribution >= 4 is 23.6 Å². The van der Waals surface area contributed by atoms with Gasteiger partial charge in [0.15, 0.2) is 0 Å². The largest absolute Gasteiger partial charge is 0.369 e. The first-order valence-corrected chi connectivity index (χ1v) is 11.6. The minimum absolute atomic E-state index is 0.0257. The average Bonchev–Trinajstić information content (AvgIpc) is 3.66. The summed E-state index contributed by atoms with van der Waals surface area (Å²) in [6.07, 6.45) is 6.42. The number of hydrogen-bond donors (Lipinski definition) is 2. The van der Waals surface area contributed by atoms with Crippen LogP contribution < -0.4 is 15.5 Å². The molecule has 2 N–H and O–H groups in total.